The van der Waals surface area contributed by atoms with Gasteiger partial charge in [-0.15, -0.1) is 0 Å². The molecule has 0 bridgehead atoms. The van der Waals surface area contributed by atoms with E-state index in [0.717, 1.165) is 5.56 Å². The number of hydrogen-bond acceptors (Lipinski definition) is 3. The molecule has 1 heterocycles. The Bertz CT molecular complexity index is 540. The maximum Gasteiger partial charge on any atom is 0.257 e. The van der Waals surface area contributed by atoms with E-state index in [1.807, 2.05) is 43.3 Å². The van der Waals surface area contributed by atoms with E-state index in [1.54, 1.807) is 6.20 Å². The van der Waals surface area contributed by atoms with Gasteiger partial charge in [-0.3, -0.25) is 0 Å². The lowest BCUT2D eigenvalue weighted by molar-refractivity contribution is 0.459. The molecule has 0 unspecified atom stereocenters. The van der Waals surface area contributed by atoms with E-state index in [2.05, 4.69) is 9.97 Å². The average molecular weight is 247 g/mol. The molecule has 2 rings (SSSR count). The fraction of sp³-hybridized carbons (Fsp3) is 0.0769. The summed E-state index contributed by atoms with van der Waals surface area (Å²) in [5, 5.41) is 0.253. The van der Waals surface area contributed by atoms with Gasteiger partial charge in [-0.05, 0) is 13.0 Å². The number of aromatic nitrogens is 2. The van der Waals surface area contributed by atoms with Crippen LogP contribution in [0.25, 0.3) is 6.08 Å². The third-order valence-electron chi connectivity index (χ3n) is 2.09. The fourth-order valence-corrected chi connectivity index (χ4v) is 1.52. The summed E-state index contributed by atoms with van der Waals surface area (Å²) in [6.45, 7) is 1.95. The van der Waals surface area contributed by atoms with Crippen molar-refractivity contribution in [2.45, 2.75) is 6.92 Å². The summed E-state index contributed by atoms with van der Waals surface area (Å²) in [5.41, 5.74) is 0.969. The lowest BCUT2D eigenvalue weighted by atomic mass is 10.2. The summed E-state index contributed by atoms with van der Waals surface area (Å²) < 4.78 is 5.64. The highest BCUT2D eigenvalue weighted by Gasteiger charge is 2.06. The van der Waals surface area contributed by atoms with Gasteiger partial charge in [0.15, 0.2) is 5.15 Å². The molecule has 0 saturated heterocycles. The van der Waals surface area contributed by atoms with Crippen molar-refractivity contribution in [1.82, 2.24) is 9.97 Å². The first kappa shape index (κ1) is 11.6. The Balaban J connectivity index is 2.33. The number of nitrogens with zero attached hydrogens (tertiary/aromatic N) is 2. The quantitative estimate of drug-likeness (QED) is 0.822. The minimum atomic E-state index is 0.253. The Morgan fingerprint density at radius 3 is 2.71 bits per heavy atom. The standard InChI is InChI=1S/C13H11ClN2O/c1-2-5-10-6-3-4-7-11(10)17-13-12(14)15-8-9-16-13/h2-9H,1H3. The van der Waals surface area contributed by atoms with Gasteiger partial charge in [0.1, 0.15) is 5.75 Å². The van der Waals surface area contributed by atoms with Crippen LogP contribution in [0.3, 0.4) is 0 Å². The second-order valence-electron chi connectivity index (χ2n) is 3.29. The number of benzene rings is 1. The molecule has 2 aromatic rings. The predicted molar refractivity (Wildman–Crippen MR) is 68.3 cm³/mol. The summed E-state index contributed by atoms with van der Waals surface area (Å²) in [7, 11) is 0. The molecule has 0 spiro atoms. The van der Waals surface area contributed by atoms with Crippen LogP contribution in [0.5, 0.6) is 11.6 Å². The number of halogens is 1. The molecule has 86 valence electrons. The maximum atomic E-state index is 5.89. The van der Waals surface area contributed by atoms with Crippen molar-refractivity contribution in [3.63, 3.8) is 0 Å². The molecule has 0 aliphatic heterocycles. The zero-order chi connectivity index (χ0) is 12.1. The first-order valence-corrected chi connectivity index (χ1v) is 5.55. The molecule has 1 aromatic heterocycles. The van der Waals surface area contributed by atoms with E-state index in [-0.39, 0.29) is 5.15 Å². The van der Waals surface area contributed by atoms with Crippen molar-refractivity contribution in [3.8, 4) is 11.6 Å². The molecule has 0 amide bonds. The smallest absolute Gasteiger partial charge is 0.257 e. The zero-order valence-corrected chi connectivity index (χ0v) is 10.1. The molecule has 3 nitrogen and oxygen atoms in total. The minimum Gasteiger partial charge on any atom is -0.436 e. The third kappa shape index (κ3) is 2.82. The molecule has 0 saturated carbocycles. The van der Waals surface area contributed by atoms with Crippen molar-refractivity contribution in [3.05, 3.63) is 53.5 Å². The molecular formula is C13H11ClN2O. The molecule has 0 fully saturated rings. The number of ether oxygens (including phenoxy) is 1. The second-order valence-corrected chi connectivity index (χ2v) is 3.65. The topological polar surface area (TPSA) is 35.0 Å². The molecule has 0 aliphatic rings. The summed E-state index contributed by atoms with van der Waals surface area (Å²) >= 11 is 5.89. The monoisotopic (exact) mass is 246 g/mol. The van der Waals surface area contributed by atoms with Gasteiger partial charge in [-0.25, -0.2) is 9.97 Å². The van der Waals surface area contributed by atoms with E-state index < -0.39 is 0 Å². The van der Waals surface area contributed by atoms with E-state index in [0.29, 0.717) is 11.6 Å². The maximum absolute atomic E-state index is 5.89. The minimum absolute atomic E-state index is 0.253. The Labute approximate surface area is 105 Å². The molecular weight excluding hydrogens is 236 g/mol. The van der Waals surface area contributed by atoms with Crippen LogP contribution in [0.2, 0.25) is 5.15 Å². The van der Waals surface area contributed by atoms with Crippen LogP contribution in [0, 0.1) is 0 Å². The summed E-state index contributed by atoms with van der Waals surface area (Å²) in [6, 6.07) is 7.66. The molecule has 0 radical (unpaired) electrons. The van der Waals surface area contributed by atoms with Gasteiger partial charge >= 0.3 is 0 Å². The summed E-state index contributed by atoms with van der Waals surface area (Å²) in [6.07, 6.45) is 6.96. The van der Waals surface area contributed by atoms with Gasteiger partial charge in [0.25, 0.3) is 5.88 Å². The van der Waals surface area contributed by atoms with Gasteiger partial charge in [-0.2, -0.15) is 0 Å². The molecule has 1 aromatic carbocycles. The molecule has 0 atom stereocenters. The predicted octanol–water partition coefficient (Wildman–Crippen LogP) is 3.96. The van der Waals surface area contributed by atoms with Gasteiger partial charge in [-0.1, -0.05) is 42.0 Å². The fourth-order valence-electron chi connectivity index (χ4n) is 1.37. The first-order chi connectivity index (χ1) is 8.31. The lowest BCUT2D eigenvalue weighted by Gasteiger charge is -2.07. The van der Waals surface area contributed by atoms with Crippen LogP contribution in [-0.4, -0.2) is 9.97 Å². The zero-order valence-electron chi connectivity index (χ0n) is 9.30. The van der Waals surface area contributed by atoms with Crippen molar-refractivity contribution >= 4 is 17.7 Å². The number of allylic oxidation sites excluding steroid dienone is 1. The Morgan fingerprint density at radius 1 is 1.18 bits per heavy atom. The molecule has 17 heavy (non-hydrogen) atoms. The van der Waals surface area contributed by atoms with Crippen molar-refractivity contribution in [2.75, 3.05) is 0 Å². The first-order valence-electron chi connectivity index (χ1n) is 5.17. The van der Waals surface area contributed by atoms with Gasteiger partial charge < -0.3 is 4.74 Å². The Kier molecular flexibility index (Phi) is 3.73. The van der Waals surface area contributed by atoms with Gasteiger partial charge in [0, 0.05) is 18.0 Å². The van der Waals surface area contributed by atoms with E-state index in [1.165, 1.54) is 6.20 Å². The molecule has 0 aliphatic carbocycles. The average Bonchev–Trinajstić information content (AvgIpc) is 2.35. The SMILES string of the molecule is CC=Cc1ccccc1Oc1nccnc1Cl. The van der Waals surface area contributed by atoms with Crippen LogP contribution < -0.4 is 4.74 Å². The largest absolute Gasteiger partial charge is 0.436 e. The van der Waals surface area contributed by atoms with Crippen LogP contribution in [0.4, 0.5) is 0 Å². The Hall–Kier alpha value is -1.87. The van der Waals surface area contributed by atoms with Crippen LogP contribution >= 0.6 is 11.6 Å². The van der Waals surface area contributed by atoms with Crippen LogP contribution in [0.15, 0.2) is 42.7 Å². The second kappa shape index (κ2) is 5.46. The number of rotatable bonds is 3. The van der Waals surface area contributed by atoms with Crippen molar-refractivity contribution < 1.29 is 4.74 Å². The number of para-hydroxylation sites is 1. The third-order valence-corrected chi connectivity index (χ3v) is 2.35. The van der Waals surface area contributed by atoms with E-state index >= 15 is 0 Å². The molecule has 4 heteroatoms. The highest BCUT2D eigenvalue weighted by Crippen LogP contribution is 2.28. The summed E-state index contributed by atoms with van der Waals surface area (Å²) in [5.74, 6) is 1.01. The lowest BCUT2D eigenvalue weighted by Crippen LogP contribution is -1.92. The number of hydrogen-bond donors (Lipinski definition) is 0. The summed E-state index contributed by atoms with van der Waals surface area (Å²) in [4.78, 5) is 7.94. The van der Waals surface area contributed by atoms with Crippen LogP contribution in [0.1, 0.15) is 12.5 Å². The van der Waals surface area contributed by atoms with Crippen LogP contribution in [-0.2, 0) is 0 Å². The van der Waals surface area contributed by atoms with Crippen molar-refractivity contribution in [1.29, 1.82) is 0 Å². The van der Waals surface area contributed by atoms with E-state index in [9.17, 15) is 0 Å². The highest BCUT2D eigenvalue weighted by atomic mass is 35.5. The van der Waals surface area contributed by atoms with E-state index in [4.69, 9.17) is 16.3 Å². The Morgan fingerprint density at radius 2 is 1.94 bits per heavy atom. The van der Waals surface area contributed by atoms with Gasteiger partial charge in [0.2, 0.25) is 0 Å². The highest BCUT2D eigenvalue weighted by molar-refractivity contribution is 6.30. The molecule has 0 N–H and O–H groups in total. The van der Waals surface area contributed by atoms with Crippen molar-refractivity contribution in [2.24, 2.45) is 0 Å². The van der Waals surface area contributed by atoms with Gasteiger partial charge in [0.05, 0.1) is 0 Å². The normalized spacial score (nSPS) is 10.7.